The van der Waals surface area contributed by atoms with Gasteiger partial charge < -0.3 is 10.5 Å². The molecule has 1 unspecified atom stereocenters. The summed E-state index contributed by atoms with van der Waals surface area (Å²) < 4.78 is 21.1. The Hall–Kier alpha value is -0.910. The summed E-state index contributed by atoms with van der Waals surface area (Å²) in [6, 6.07) is 10.4. The van der Waals surface area contributed by atoms with Gasteiger partial charge in [0.15, 0.2) is 0 Å². The summed E-state index contributed by atoms with van der Waals surface area (Å²) in [4.78, 5) is 0. The maximum Gasteiger partial charge on any atom is 0.130 e. The molecule has 0 aliphatic heterocycles. The largest absolute Gasteiger partial charge is 0.488 e. The van der Waals surface area contributed by atoms with Crippen molar-refractivity contribution in [1.82, 2.24) is 0 Å². The number of hydrogen-bond acceptors (Lipinski definition) is 2. The molecule has 0 heterocycles. The van der Waals surface area contributed by atoms with Crippen LogP contribution in [0.2, 0.25) is 0 Å². The lowest BCUT2D eigenvalue weighted by Crippen LogP contribution is -2.08. The van der Waals surface area contributed by atoms with E-state index < -0.39 is 0 Å². The Morgan fingerprint density at radius 3 is 2.45 bits per heavy atom. The molecule has 0 bridgehead atoms. The molecule has 2 rings (SSSR count). The van der Waals surface area contributed by atoms with Gasteiger partial charge in [0.05, 0.1) is 0 Å². The van der Waals surface area contributed by atoms with Gasteiger partial charge >= 0.3 is 0 Å². The standard InChI is InChI=1S/C15H14Br2FNO/c1-9(19)13-6-11(16)4-5-15(13)20-8-10-2-3-12(17)7-14(10)18/h2-7,9H,8,19H2,1H3. The molecule has 5 heteroatoms. The maximum atomic E-state index is 13.7. The first-order valence-corrected chi connectivity index (χ1v) is 7.67. The van der Waals surface area contributed by atoms with E-state index in [1.807, 2.05) is 25.1 Å². The van der Waals surface area contributed by atoms with E-state index >= 15 is 0 Å². The van der Waals surface area contributed by atoms with Crippen molar-refractivity contribution in [1.29, 1.82) is 0 Å². The second-order valence-electron chi connectivity index (χ2n) is 4.50. The smallest absolute Gasteiger partial charge is 0.130 e. The van der Waals surface area contributed by atoms with Crippen LogP contribution in [0.25, 0.3) is 0 Å². The van der Waals surface area contributed by atoms with E-state index in [9.17, 15) is 4.39 Å². The van der Waals surface area contributed by atoms with Crippen LogP contribution in [0.4, 0.5) is 4.39 Å². The Kier molecular flexibility index (Phi) is 5.18. The lowest BCUT2D eigenvalue weighted by Gasteiger charge is -2.15. The predicted molar refractivity (Wildman–Crippen MR) is 85.2 cm³/mol. The van der Waals surface area contributed by atoms with Crippen LogP contribution < -0.4 is 10.5 Å². The van der Waals surface area contributed by atoms with Crippen molar-refractivity contribution in [3.8, 4) is 5.75 Å². The summed E-state index contributed by atoms with van der Waals surface area (Å²) >= 11 is 6.63. The lowest BCUT2D eigenvalue weighted by atomic mass is 10.1. The second-order valence-corrected chi connectivity index (χ2v) is 6.33. The zero-order chi connectivity index (χ0) is 14.7. The molecule has 2 aromatic carbocycles. The van der Waals surface area contributed by atoms with Gasteiger partial charge in [0.25, 0.3) is 0 Å². The van der Waals surface area contributed by atoms with E-state index in [4.69, 9.17) is 10.5 Å². The van der Waals surface area contributed by atoms with Crippen LogP contribution in [-0.4, -0.2) is 0 Å². The minimum absolute atomic E-state index is 0.155. The van der Waals surface area contributed by atoms with Crippen molar-refractivity contribution in [2.45, 2.75) is 19.6 Å². The maximum absolute atomic E-state index is 13.7. The number of rotatable bonds is 4. The first-order valence-electron chi connectivity index (χ1n) is 6.09. The molecule has 2 N–H and O–H groups in total. The van der Waals surface area contributed by atoms with Gasteiger partial charge in [-0.25, -0.2) is 4.39 Å². The van der Waals surface area contributed by atoms with E-state index in [0.29, 0.717) is 15.8 Å². The highest BCUT2D eigenvalue weighted by molar-refractivity contribution is 9.10. The molecule has 20 heavy (non-hydrogen) atoms. The van der Waals surface area contributed by atoms with Crippen molar-refractivity contribution in [2.24, 2.45) is 5.73 Å². The molecule has 0 spiro atoms. The SMILES string of the molecule is CC(N)c1cc(Br)ccc1OCc1ccc(Br)cc1F. The molecule has 0 aliphatic rings. The van der Waals surface area contributed by atoms with Crippen molar-refractivity contribution < 1.29 is 9.13 Å². The number of halogens is 3. The topological polar surface area (TPSA) is 35.2 Å². The molecule has 0 radical (unpaired) electrons. The molecular formula is C15H14Br2FNO. The molecule has 106 valence electrons. The van der Waals surface area contributed by atoms with E-state index in [1.54, 1.807) is 12.1 Å². The minimum Gasteiger partial charge on any atom is -0.488 e. The number of ether oxygens (including phenoxy) is 1. The van der Waals surface area contributed by atoms with Gasteiger partial charge in [-0.15, -0.1) is 0 Å². The Balaban J connectivity index is 2.18. The van der Waals surface area contributed by atoms with Crippen LogP contribution in [-0.2, 0) is 6.61 Å². The van der Waals surface area contributed by atoms with E-state index in [1.165, 1.54) is 6.07 Å². The summed E-state index contributed by atoms with van der Waals surface area (Å²) in [5, 5.41) is 0. The fraction of sp³-hybridized carbons (Fsp3) is 0.200. The molecule has 0 saturated carbocycles. The average Bonchev–Trinajstić information content (AvgIpc) is 2.38. The summed E-state index contributed by atoms with van der Waals surface area (Å²) in [5.74, 6) is 0.379. The molecular weight excluding hydrogens is 389 g/mol. The monoisotopic (exact) mass is 401 g/mol. The highest BCUT2D eigenvalue weighted by atomic mass is 79.9. The zero-order valence-electron chi connectivity index (χ0n) is 10.9. The van der Waals surface area contributed by atoms with Crippen LogP contribution in [0.3, 0.4) is 0 Å². The van der Waals surface area contributed by atoms with Gasteiger partial charge in [0.2, 0.25) is 0 Å². The van der Waals surface area contributed by atoms with Gasteiger partial charge in [-0.3, -0.25) is 0 Å². The molecule has 0 saturated heterocycles. The second kappa shape index (κ2) is 6.70. The number of nitrogens with two attached hydrogens (primary N) is 1. The molecule has 1 atom stereocenters. The summed E-state index contributed by atoms with van der Waals surface area (Å²) in [5.41, 5.74) is 7.31. The molecule has 0 fully saturated rings. The lowest BCUT2D eigenvalue weighted by molar-refractivity contribution is 0.295. The van der Waals surface area contributed by atoms with E-state index in [2.05, 4.69) is 31.9 Å². The van der Waals surface area contributed by atoms with Crippen molar-refractivity contribution in [3.05, 3.63) is 62.3 Å². The van der Waals surface area contributed by atoms with Crippen LogP contribution in [0.1, 0.15) is 24.1 Å². The third-order valence-electron chi connectivity index (χ3n) is 2.86. The number of benzene rings is 2. The molecule has 0 amide bonds. The molecule has 2 nitrogen and oxygen atoms in total. The van der Waals surface area contributed by atoms with Crippen LogP contribution in [0.5, 0.6) is 5.75 Å². The molecule has 0 aromatic heterocycles. The third kappa shape index (κ3) is 3.81. The van der Waals surface area contributed by atoms with Crippen LogP contribution in [0, 0.1) is 5.82 Å². The fourth-order valence-electron chi connectivity index (χ4n) is 1.80. The van der Waals surface area contributed by atoms with Gasteiger partial charge in [-0.2, -0.15) is 0 Å². The Labute approximate surface area is 134 Å². The van der Waals surface area contributed by atoms with E-state index in [-0.39, 0.29) is 18.5 Å². The summed E-state index contributed by atoms with van der Waals surface area (Å²) in [6.45, 7) is 2.05. The van der Waals surface area contributed by atoms with E-state index in [0.717, 1.165) is 10.0 Å². The van der Waals surface area contributed by atoms with Crippen LogP contribution >= 0.6 is 31.9 Å². The van der Waals surface area contributed by atoms with Crippen molar-refractivity contribution in [2.75, 3.05) is 0 Å². The normalized spacial score (nSPS) is 12.2. The molecule has 0 aliphatic carbocycles. The first-order chi connectivity index (χ1) is 9.47. The Morgan fingerprint density at radius 1 is 1.15 bits per heavy atom. The Bertz CT molecular complexity index is 617. The Morgan fingerprint density at radius 2 is 1.80 bits per heavy atom. The van der Waals surface area contributed by atoms with Crippen LogP contribution in [0.15, 0.2) is 45.3 Å². The van der Waals surface area contributed by atoms with Gasteiger partial charge in [0, 0.05) is 26.1 Å². The quantitative estimate of drug-likeness (QED) is 0.785. The minimum atomic E-state index is -0.293. The van der Waals surface area contributed by atoms with Gasteiger partial charge in [-0.1, -0.05) is 37.9 Å². The summed E-state index contributed by atoms with van der Waals surface area (Å²) in [6.07, 6.45) is 0. The first kappa shape index (κ1) is 15.5. The zero-order valence-corrected chi connectivity index (χ0v) is 14.0. The van der Waals surface area contributed by atoms with Gasteiger partial charge in [-0.05, 0) is 37.3 Å². The van der Waals surface area contributed by atoms with Crippen molar-refractivity contribution in [3.63, 3.8) is 0 Å². The average molecular weight is 403 g/mol. The van der Waals surface area contributed by atoms with Crippen molar-refractivity contribution >= 4 is 31.9 Å². The summed E-state index contributed by atoms with van der Waals surface area (Å²) in [7, 11) is 0. The third-order valence-corrected chi connectivity index (χ3v) is 3.85. The highest BCUT2D eigenvalue weighted by Crippen LogP contribution is 2.28. The predicted octanol–water partition coefficient (Wildman–Crippen LogP) is 4.95. The fourth-order valence-corrected chi connectivity index (χ4v) is 2.51. The number of hydrogen-bond donors (Lipinski definition) is 1. The van der Waals surface area contributed by atoms with Gasteiger partial charge in [0.1, 0.15) is 18.2 Å². The highest BCUT2D eigenvalue weighted by Gasteiger charge is 2.10. The molecule has 2 aromatic rings.